The van der Waals surface area contributed by atoms with Crippen molar-refractivity contribution >= 4 is 5.97 Å². The normalized spacial score (nSPS) is 26.3. The molecule has 118 valence electrons. The van der Waals surface area contributed by atoms with Gasteiger partial charge in [0.2, 0.25) is 0 Å². The molecule has 4 heteroatoms. The second-order valence-corrected chi connectivity index (χ2v) is 6.06. The highest BCUT2D eigenvalue weighted by Crippen LogP contribution is 2.33. The monoisotopic (exact) mass is 284 g/mol. The summed E-state index contributed by atoms with van der Waals surface area (Å²) in [6.07, 6.45) is 7.34. The van der Waals surface area contributed by atoms with Gasteiger partial charge in [-0.15, -0.1) is 0 Å². The van der Waals surface area contributed by atoms with Gasteiger partial charge in [-0.2, -0.15) is 0 Å². The summed E-state index contributed by atoms with van der Waals surface area (Å²) in [5.74, 6) is -0.673. The number of unbranched alkanes of at least 4 members (excludes halogenated alkanes) is 2. The van der Waals surface area contributed by atoms with Crippen LogP contribution in [-0.4, -0.2) is 47.2 Å². The predicted molar refractivity (Wildman–Crippen MR) is 83.1 cm³/mol. The minimum absolute atomic E-state index is 0.434. The third-order valence-electron chi connectivity index (χ3n) is 4.53. The van der Waals surface area contributed by atoms with Crippen molar-refractivity contribution in [2.24, 2.45) is 0 Å². The fourth-order valence-corrected chi connectivity index (χ4v) is 3.30. The maximum absolute atomic E-state index is 11.6. The molecule has 1 saturated carbocycles. The quantitative estimate of drug-likeness (QED) is 0.648. The van der Waals surface area contributed by atoms with E-state index in [1.165, 1.54) is 25.7 Å². The van der Waals surface area contributed by atoms with Crippen molar-refractivity contribution in [3.05, 3.63) is 0 Å². The molecule has 1 aliphatic rings. The lowest BCUT2D eigenvalue weighted by molar-refractivity contribution is -0.144. The summed E-state index contributed by atoms with van der Waals surface area (Å²) in [5.41, 5.74) is -0.684. The van der Waals surface area contributed by atoms with Crippen molar-refractivity contribution in [1.82, 2.24) is 10.2 Å². The fourth-order valence-electron chi connectivity index (χ4n) is 3.30. The van der Waals surface area contributed by atoms with E-state index in [0.29, 0.717) is 6.04 Å². The van der Waals surface area contributed by atoms with Crippen LogP contribution in [0.5, 0.6) is 0 Å². The number of hydrogen-bond acceptors (Lipinski definition) is 3. The minimum Gasteiger partial charge on any atom is -0.480 e. The van der Waals surface area contributed by atoms with E-state index in [4.69, 9.17) is 0 Å². The lowest BCUT2D eigenvalue weighted by Crippen LogP contribution is -2.51. The van der Waals surface area contributed by atoms with Crippen molar-refractivity contribution < 1.29 is 9.90 Å². The molecule has 1 rings (SSSR count). The summed E-state index contributed by atoms with van der Waals surface area (Å²) in [7, 11) is 0. The van der Waals surface area contributed by atoms with Crippen LogP contribution in [-0.2, 0) is 4.79 Å². The van der Waals surface area contributed by atoms with Crippen molar-refractivity contribution in [3.8, 4) is 0 Å². The molecule has 0 aromatic heterocycles. The zero-order valence-corrected chi connectivity index (χ0v) is 13.5. The standard InChI is InChI=1S/C16H32N2O2/c1-4-7-11-18(12-8-5-2)14-9-10-16(13-14,15(19)20)17-6-3/h14,17H,4-13H2,1-3H3,(H,19,20). The van der Waals surface area contributed by atoms with Crippen molar-refractivity contribution in [1.29, 1.82) is 0 Å². The molecule has 0 saturated heterocycles. The molecule has 4 nitrogen and oxygen atoms in total. The molecule has 0 heterocycles. The molecule has 0 aromatic carbocycles. The van der Waals surface area contributed by atoms with Gasteiger partial charge in [0.1, 0.15) is 5.54 Å². The Hall–Kier alpha value is -0.610. The van der Waals surface area contributed by atoms with E-state index in [0.717, 1.165) is 38.9 Å². The van der Waals surface area contributed by atoms with Crippen LogP contribution < -0.4 is 5.32 Å². The van der Waals surface area contributed by atoms with Gasteiger partial charge in [0.05, 0.1) is 0 Å². The largest absolute Gasteiger partial charge is 0.480 e. The molecule has 2 N–H and O–H groups in total. The van der Waals surface area contributed by atoms with Gasteiger partial charge in [0.25, 0.3) is 0 Å². The first-order chi connectivity index (χ1) is 9.59. The molecule has 0 amide bonds. The van der Waals surface area contributed by atoms with Crippen LogP contribution >= 0.6 is 0 Å². The summed E-state index contributed by atoms with van der Waals surface area (Å²) < 4.78 is 0. The number of carboxylic acid groups (broad SMARTS) is 1. The molecule has 0 aromatic rings. The van der Waals surface area contributed by atoms with Crippen molar-refractivity contribution in [3.63, 3.8) is 0 Å². The number of carbonyl (C=O) groups is 1. The second kappa shape index (κ2) is 8.63. The Bertz CT molecular complexity index is 288. The third kappa shape index (κ3) is 4.45. The molecule has 0 bridgehead atoms. The first kappa shape index (κ1) is 17.4. The fraction of sp³-hybridized carbons (Fsp3) is 0.938. The van der Waals surface area contributed by atoms with Crippen molar-refractivity contribution in [2.75, 3.05) is 19.6 Å². The van der Waals surface area contributed by atoms with Gasteiger partial charge >= 0.3 is 5.97 Å². The highest BCUT2D eigenvalue weighted by Gasteiger charge is 2.46. The molecule has 2 atom stereocenters. The average molecular weight is 284 g/mol. The summed E-state index contributed by atoms with van der Waals surface area (Å²) >= 11 is 0. The molecule has 1 fully saturated rings. The second-order valence-electron chi connectivity index (χ2n) is 6.06. The Morgan fingerprint density at radius 1 is 1.25 bits per heavy atom. The van der Waals surface area contributed by atoms with E-state index in [-0.39, 0.29) is 0 Å². The van der Waals surface area contributed by atoms with Gasteiger partial charge in [-0.25, -0.2) is 0 Å². The van der Waals surface area contributed by atoms with Crippen LogP contribution in [0.2, 0.25) is 0 Å². The maximum atomic E-state index is 11.6. The van der Waals surface area contributed by atoms with Crippen LogP contribution in [0.4, 0.5) is 0 Å². The Balaban J connectivity index is 2.66. The zero-order valence-electron chi connectivity index (χ0n) is 13.5. The van der Waals surface area contributed by atoms with E-state index >= 15 is 0 Å². The van der Waals surface area contributed by atoms with Gasteiger partial charge in [-0.1, -0.05) is 33.6 Å². The average Bonchev–Trinajstić information content (AvgIpc) is 2.85. The van der Waals surface area contributed by atoms with E-state index in [9.17, 15) is 9.90 Å². The SMILES string of the molecule is CCCCN(CCCC)C1CCC(NCC)(C(=O)O)C1. The highest BCUT2D eigenvalue weighted by atomic mass is 16.4. The Labute approximate surface area is 123 Å². The third-order valence-corrected chi connectivity index (χ3v) is 4.53. The van der Waals surface area contributed by atoms with E-state index < -0.39 is 11.5 Å². The van der Waals surface area contributed by atoms with E-state index in [2.05, 4.69) is 24.1 Å². The van der Waals surface area contributed by atoms with Crippen LogP contribution in [0.3, 0.4) is 0 Å². The number of hydrogen-bond donors (Lipinski definition) is 2. The van der Waals surface area contributed by atoms with E-state index in [1.807, 2.05) is 6.92 Å². The van der Waals surface area contributed by atoms with Crippen molar-refractivity contribution in [2.45, 2.75) is 77.3 Å². The summed E-state index contributed by atoms with van der Waals surface area (Å²) in [5, 5.41) is 12.8. The molecule has 0 aliphatic heterocycles. The van der Waals surface area contributed by atoms with E-state index in [1.54, 1.807) is 0 Å². The van der Waals surface area contributed by atoms with Gasteiger partial charge in [-0.3, -0.25) is 4.79 Å². The first-order valence-electron chi connectivity index (χ1n) is 8.32. The molecule has 0 spiro atoms. The lowest BCUT2D eigenvalue weighted by atomic mass is 9.97. The molecule has 0 radical (unpaired) electrons. The smallest absolute Gasteiger partial charge is 0.323 e. The topological polar surface area (TPSA) is 52.6 Å². The predicted octanol–water partition coefficient (Wildman–Crippen LogP) is 2.87. The number of aliphatic carboxylic acids is 1. The Morgan fingerprint density at radius 3 is 2.30 bits per heavy atom. The molecule has 2 unspecified atom stereocenters. The molecular weight excluding hydrogens is 252 g/mol. The number of nitrogens with zero attached hydrogens (tertiary/aromatic N) is 1. The minimum atomic E-state index is -0.684. The van der Waals surface area contributed by atoms with Crippen LogP contribution in [0.25, 0.3) is 0 Å². The summed E-state index contributed by atoms with van der Waals surface area (Å²) in [6.45, 7) is 9.37. The Kier molecular flexibility index (Phi) is 7.52. The molecule has 20 heavy (non-hydrogen) atoms. The maximum Gasteiger partial charge on any atom is 0.323 e. The number of rotatable bonds is 10. The summed E-state index contributed by atoms with van der Waals surface area (Å²) in [6, 6.07) is 0.434. The molecular formula is C16H32N2O2. The number of carboxylic acids is 1. The van der Waals surface area contributed by atoms with Crippen LogP contribution in [0.15, 0.2) is 0 Å². The zero-order chi connectivity index (χ0) is 15.0. The van der Waals surface area contributed by atoms with Gasteiger partial charge in [-0.05, 0) is 51.7 Å². The summed E-state index contributed by atoms with van der Waals surface area (Å²) in [4.78, 5) is 14.2. The first-order valence-corrected chi connectivity index (χ1v) is 8.32. The van der Waals surface area contributed by atoms with Crippen LogP contribution in [0, 0.1) is 0 Å². The molecule has 1 aliphatic carbocycles. The van der Waals surface area contributed by atoms with Gasteiger partial charge in [0.15, 0.2) is 0 Å². The number of likely N-dealkylation sites (N-methyl/N-ethyl adjacent to an activating group) is 1. The number of nitrogens with one attached hydrogen (secondary N) is 1. The Morgan fingerprint density at radius 2 is 1.85 bits per heavy atom. The van der Waals surface area contributed by atoms with Crippen LogP contribution in [0.1, 0.15) is 65.7 Å². The lowest BCUT2D eigenvalue weighted by Gasteiger charge is -2.31. The van der Waals surface area contributed by atoms with Gasteiger partial charge < -0.3 is 15.3 Å². The van der Waals surface area contributed by atoms with Gasteiger partial charge in [0, 0.05) is 6.04 Å². The highest BCUT2D eigenvalue weighted by molar-refractivity contribution is 5.79.